The van der Waals surface area contributed by atoms with Crippen LogP contribution < -0.4 is 5.56 Å². The first-order valence-electron chi connectivity index (χ1n) is 7.16. The minimum atomic E-state index is -0.495. The number of nitrogens with one attached hydrogen (secondary N) is 1. The highest BCUT2D eigenvalue weighted by atomic mass is 16.5. The van der Waals surface area contributed by atoms with E-state index >= 15 is 0 Å². The Morgan fingerprint density at radius 1 is 1.29 bits per heavy atom. The third-order valence-electron chi connectivity index (χ3n) is 3.20. The number of aromatic nitrogens is 2. The number of rotatable bonds is 6. The van der Waals surface area contributed by atoms with Crippen LogP contribution in [0.25, 0.3) is 0 Å². The van der Waals surface area contributed by atoms with E-state index in [9.17, 15) is 9.90 Å². The van der Waals surface area contributed by atoms with Crippen LogP contribution in [0, 0.1) is 0 Å². The van der Waals surface area contributed by atoms with Crippen LogP contribution >= 0.6 is 0 Å². The zero-order chi connectivity index (χ0) is 15.2. The molecule has 0 saturated heterocycles. The van der Waals surface area contributed by atoms with Gasteiger partial charge in [0.05, 0.1) is 5.56 Å². The molecular weight excluding hydrogens is 268 g/mol. The van der Waals surface area contributed by atoms with E-state index in [0.29, 0.717) is 24.4 Å². The summed E-state index contributed by atoms with van der Waals surface area (Å²) in [4.78, 5) is 18.9. The number of ether oxygens (including phenoxy) is 1. The van der Waals surface area contributed by atoms with Gasteiger partial charge in [-0.05, 0) is 18.9 Å². The lowest BCUT2D eigenvalue weighted by molar-refractivity contribution is 0.0843. The molecule has 1 unspecified atom stereocenters. The molecule has 2 N–H and O–H groups in total. The molecule has 2 aromatic rings. The first-order chi connectivity index (χ1) is 10.2. The van der Waals surface area contributed by atoms with E-state index in [0.717, 1.165) is 12.0 Å². The van der Waals surface area contributed by atoms with Gasteiger partial charge in [-0.3, -0.25) is 4.79 Å². The number of benzene rings is 1. The Kier molecular flexibility index (Phi) is 5.11. The molecule has 5 heteroatoms. The van der Waals surface area contributed by atoms with Crippen LogP contribution in [0.5, 0.6) is 5.88 Å². The van der Waals surface area contributed by atoms with Gasteiger partial charge in [-0.2, -0.15) is 4.98 Å². The van der Waals surface area contributed by atoms with Crippen LogP contribution in [0.15, 0.2) is 35.1 Å². The summed E-state index contributed by atoms with van der Waals surface area (Å²) in [5, 5.41) is 9.98. The number of nitrogens with zero attached hydrogens (tertiary/aromatic N) is 1. The van der Waals surface area contributed by atoms with Crippen LogP contribution in [0.2, 0.25) is 0 Å². The molecule has 1 atom stereocenters. The molecular formula is C16H20N2O3. The SMILES string of the molecule is CCCc1c(O)nc(C(OCC)c2ccccc2)[nH]c1=O. The maximum Gasteiger partial charge on any atom is 0.258 e. The lowest BCUT2D eigenvalue weighted by Gasteiger charge is -2.17. The Hall–Kier alpha value is -2.14. The van der Waals surface area contributed by atoms with Crippen LogP contribution in [0.1, 0.15) is 43.3 Å². The van der Waals surface area contributed by atoms with Gasteiger partial charge in [0, 0.05) is 6.61 Å². The van der Waals surface area contributed by atoms with Crippen molar-refractivity contribution >= 4 is 0 Å². The van der Waals surface area contributed by atoms with Crippen molar-refractivity contribution < 1.29 is 9.84 Å². The smallest absolute Gasteiger partial charge is 0.258 e. The van der Waals surface area contributed by atoms with Crippen molar-refractivity contribution in [3.8, 4) is 5.88 Å². The molecule has 0 aliphatic carbocycles. The second-order valence-electron chi connectivity index (χ2n) is 4.75. The van der Waals surface area contributed by atoms with Gasteiger partial charge < -0.3 is 14.8 Å². The van der Waals surface area contributed by atoms with E-state index < -0.39 is 6.10 Å². The van der Waals surface area contributed by atoms with Crippen LogP contribution in [0.3, 0.4) is 0 Å². The summed E-state index contributed by atoms with van der Waals surface area (Å²) in [6, 6.07) is 9.49. The summed E-state index contributed by atoms with van der Waals surface area (Å²) in [7, 11) is 0. The Balaban J connectivity index is 2.44. The Morgan fingerprint density at radius 3 is 2.57 bits per heavy atom. The molecule has 112 valence electrons. The summed E-state index contributed by atoms with van der Waals surface area (Å²) in [5.74, 6) is 0.113. The molecule has 0 fully saturated rings. The topological polar surface area (TPSA) is 75.2 Å². The summed E-state index contributed by atoms with van der Waals surface area (Å²) in [6.45, 7) is 4.29. The predicted molar refractivity (Wildman–Crippen MR) is 80.4 cm³/mol. The highest BCUT2D eigenvalue weighted by molar-refractivity contribution is 5.27. The van der Waals surface area contributed by atoms with Gasteiger partial charge >= 0.3 is 0 Å². The van der Waals surface area contributed by atoms with Crippen molar-refractivity contribution in [3.05, 3.63) is 57.6 Å². The van der Waals surface area contributed by atoms with E-state index in [-0.39, 0.29) is 11.4 Å². The largest absolute Gasteiger partial charge is 0.493 e. The second-order valence-corrected chi connectivity index (χ2v) is 4.75. The third kappa shape index (κ3) is 3.49. The summed E-state index contributed by atoms with van der Waals surface area (Å²) in [6.07, 6.45) is 0.773. The lowest BCUT2D eigenvalue weighted by Crippen LogP contribution is -2.20. The van der Waals surface area contributed by atoms with Crippen LogP contribution in [-0.4, -0.2) is 21.7 Å². The van der Waals surface area contributed by atoms with Gasteiger partial charge in [0.1, 0.15) is 11.9 Å². The standard InChI is InChI=1S/C16H20N2O3/c1-3-8-12-15(19)17-14(18-16(12)20)13(21-4-2)11-9-6-5-7-10-11/h5-7,9-10,13H,3-4,8H2,1-2H3,(H2,17,18,19,20). The van der Waals surface area contributed by atoms with Gasteiger partial charge in [0.2, 0.25) is 5.88 Å². The normalized spacial score (nSPS) is 12.3. The molecule has 0 amide bonds. The van der Waals surface area contributed by atoms with Crippen molar-refractivity contribution in [1.82, 2.24) is 9.97 Å². The zero-order valence-corrected chi connectivity index (χ0v) is 12.3. The van der Waals surface area contributed by atoms with E-state index in [1.165, 1.54) is 0 Å². The van der Waals surface area contributed by atoms with Gasteiger partial charge in [0.25, 0.3) is 5.56 Å². The molecule has 2 rings (SSSR count). The Bertz CT molecular complexity index is 638. The summed E-state index contributed by atoms with van der Waals surface area (Å²) >= 11 is 0. The molecule has 0 aliphatic heterocycles. The number of hydrogen-bond acceptors (Lipinski definition) is 4. The van der Waals surface area contributed by atoms with Gasteiger partial charge in [0.15, 0.2) is 0 Å². The van der Waals surface area contributed by atoms with Crippen molar-refractivity contribution in [3.63, 3.8) is 0 Å². The second kappa shape index (κ2) is 7.04. The third-order valence-corrected chi connectivity index (χ3v) is 3.20. The van der Waals surface area contributed by atoms with Crippen LogP contribution in [-0.2, 0) is 11.2 Å². The first-order valence-corrected chi connectivity index (χ1v) is 7.16. The molecule has 1 aromatic carbocycles. The molecule has 0 bridgehead atoms. The van der Waals surface area contributed by atoms with Crippen molar-refractivity contribution in [2.24, 2.45) is 0 Å². The molecule has 0 radical (unpaired) electrons. The van der Waals surface area contributed by atoms with Crippen LogP contribution in [0.4, 0.5) is 0 Å². The van der Waals surface area contributed by atoms with Gasteiger partial charge in [-0.15, -0.1) is 0 Å². The van der Waals surface area contributed by atoms with Crippen molar-refractivity contribution in [2.75, 3.05) is 6.61 Å². The zero-order valence-electron chi connectivity index (χ0n) is 12.3. The van der Waals surface area contributed by atoms with E-state index in [2.05, 4.69) is 9.97 Å². The van der Waals surface area contributed by atoms with Crippen molar-refractivity contribution in [2.45, 2.75) is 32.8 Å². The Labute approximate surface area is 123 Å². The lowest BCUT2D eigenvalue weighted by atomic mass is 10.1. The molecule has 1 aromatic heterocycles. The number of hydrogen-bond donors (Lipinski definition) is 2. The van der Waals surface area contributed by atoms with Crippen molar-refractivity contribution in [1.29, 1.82) is 0 Å². The quantitative estimate of drug-likeness (QED) is 0.856. The molecule has 5 nitrogen and oxygen atoms in total. The fraction of sp³-hybridized carbons (Fsp3) is 0.375. The van der Waals surface area contributed by atoms with E-state index in [1.54, 1.807) is 0 Å². The van der Waals surface area contributed by atoms with E-state index in [1.807, 2.05) is 44.2 Å². The van der Waals surface area contributed by atoms with Gasteiger partial charge in [-0.25, -0.2) is 0 Å². The minimum Gasteiger partial charge on any atom is -0.493 e. The maximum absolute atomic E-state index is 12.1. The monoisotopic (exact) mass is 288 g/mol. The molecule has 1 heterocycles. The minimum absolute atomic E-state index is 0.212. The molecule has 0 saturated carbocycles. The average Bonchev–Trinajstić information content (AvgIpc) is 2.49. The number of aromatic amines is 1. The van der Waals surface area contributed by atoms with Gasteiger partial charge in [-0.1, -0.05) is 43.7 Å². The summed E-state index contributed by atoms with van der Waals surface area (Å²) < 4.78 is 5.68. The Morgan fingerprint density at radius 2 is 2.00 bits per heavy atom. The molecule has 21 heavy (non-hydrogen) atoms. The fourth-order valence-electron chi connectivity index (χ4n) is 2.23. The summed E-state index contributed by atoms with van der Waals surface area (Å²) in [5.41, 5.74) is 0.898. The predicted octanol–water partition coefficient (Wildman–Crippen LogP) is 2.55. The highest BCUT2D eigenvalue weighted by Crippen LogP contribution is 2.24. The fourth-order valence-corrected chi connectivity index (χ4v) is 2.23. The maximum atomic E-state index is 12.1. The molecule has 0 aliphatic rings. The number of H-pyrrole nitrogens is 1. The highest BCUT2D eigenvalue weighted by Gasteiger charge is 2.19. The first kappa shape index (κ1) is 15.3. The number of aromatic hydroxyl groups is 1. The molecule has 0 spiro atoms. The average molecular weight is 288 g/mol. The van der Waals surface area contributed by atoms with E-state index in [4.69, 9.17) is 4.74 Å².